The predicted octanol–water partition coefficient (Wildman–Crippen LogP) is 0.497. The molecule has 1 aliphatic heterocycles. The van der Waals surface area contributed by atoms with Gasteiger partial charge in [-0.3, -0.25) is 0 Å². The lowest BCUT2D eigenvalue weighted by Gasteiger charge is -2.21. The van der Waals surface area contributed by atoms with Crippen molar-refractivity contribution in [2.24, 2.45) is 5.90 Å². The standard InChI is InChI=1S/C10H11NO5/c1-13-10(12)6-2-3-7(16-11)9-8(6)14-4-5-15-9/h2-3H,4-5,11H2,1H3. The van der Waals surface area contributed by atoms with Crippen LogP contribution in [-0.2, 0) is 4.74 Å². The Bertz CT molecular complexity index is 418. The molecule has 1 aliphatic rings. The van der Waals surface area contributed by atoms with E-state index >= 15 is 0 Å². The van der Waals surface area contributed by atoms with E-state index in [1.807, 2.05) is 0 Å². The molecule has 0 atom stereocenters. The largest absolute Gasteiger partial charge is 0.485 e. The molecule has 0 fully saturated rings. The third-order valence-electron chi connectivity index (χ3n) is 2.18. The number of ether oxygens (including phenoxy) is 3. The number of hydrogen-bond acceptors (Lipinski definition) is 6. The Morgan fingerprint density at radius 3 is 2.62 bits per heavy atom. The molecule has 1 aromatic carbocycles. The number of carbonyl (C=O) groups is 1. The Morgan fingerprint density at radius 1 is 1.31 bits per heavy atom. The van der Waals surface area contributed by atoms with E-state index in [0.717, 1.165) is 0 Å². The topological polar surface area (TPSA) is 80.0 Å². The second-order valence-electron chi connectivity index (χ2n) is 3.08. The maximum absolute atomic E-state index is 11.5. The Kier molecular flexibility index (Phi) is 2.82. The first-order chi connectivity index (χ1) is 7.77. The maximum atomic E-state index is 11.5. The van der Waals surface area contributed by atoms with Gasteiger partial charge in [0, 0.05) is 0 Å². The van der Waals surface area contributed by atoms with E-state index < -0.39 is 5.97 Å². The van der Waals surface area contributed by atoms with Crippen molar-refractivity contribution in [1.29, 1.82) is 0 Å². The molecular weight excluding hydrogens is 214 g/mol. The number of carbonyl (C=O) groups excluding carboxylic acids is 1. The summed E-state index contributed by atoms with van der Waals surface area (Å²) in [5.41, 5.74) is 0.290. The van der Waals surface area contributed by atoms with Gasteiger partial charge in [0.15, 0.2) is 11.5 Å². The summed E-state index contributed by atoms with van der Waals surface area (Å²) >= 11 is 0. The van der Waals surface area contributed by atoms with Crippen molar-refractivity contribution in [2.45, 2.75) is 0 Å². The van der Waals surface area contributed by atoms with Crippen molar-refractivity contribution in [3.63, 3.8) is 0 Å². The van der Waals surface area contributed by atoms with Crippen molar-refractivity contribution in [2.75, 3.05) is 20.3 Å². The van der Waals surface area contributed by atoms with Crippen LogP contribution in [0.4, 0.5) is 0 Å². The van der Waals surface area contributed by atoms with Crippen LogP contribution in [0.3, 0.4) is 0 Å². The Hall–Kier alpha value is -1.95. The highest BCUT2D eigenvalue weighted by molar-refractivity contribution is 5.94. The van der Waals surface area contributed by atoms with Crippen molar-refractivity contribution >= 4 is 5.97 Å². The van der Waals surface area contributed by atoms with Gasteiger partial charge in [-0.1, -0.05) is 0 Å². The van der Waals surface area contributed by atoms with Gasteiger partial charge in [0.1, 0.15) is 18.8 Å². The molecule has 0 radical (unpaired) electrons. The minimum absolute atomic E-state index is 0.290. The summed E-state index contributed by atoms with van der Waals surface area (Å²) in [6.07, 6.45) is 0. The van der Waals surface area contributed by atoms with E-state index in [2.05, 4.69) is 9.57 Å². The molecule has 1 heterocycles. The van der Waals surface area contributed by atoms with Crippen molar-refractivity contribution < 1.29 is 23.8 Å². The van der Waals surface area contributed by atoms with E-state index in [4.69, 9.17) is 15.4 Å². The third kappa shape index (κ3) is 1.63. The smallest absolute Gasteiger partial charge is 0.341 e. The van der Waals surface area contributed by atoms with E-state index in [9.17, 15) is 4.79 Å². The number of fused-ring (bicyclic) bond motifs is 1. The molecule has 0 aromatic heterocycles. The molecule has 1 aromatic rings. The minimum Gasteiger partial charge on any atom is -0.485 e. The molecule has 6 nitrogen and oxygen atoms in total. The zero-order valence-corrected chi connectivity index (χ0v) is 8.69. The molecule has 16 heavy (non-hydrogen) atoms. The summed E-state index contributed by atoms with van der Waals surface area (Å²) in [7, 11) is 1.30. The molecule has 0 saturated heterocycles. The fraction of sp³-hybridized carbons (Fsp3) is 0.300. The van der Waals surface area contributed by atoms with Gasteiger partial charge in [-0.2, -0.15) is 5.90 Å². The van der Waals surface area contributed by atoms with Crippen LogP contribution in [0.25, 0.3) is 0 Å². The molecule has 2 N–H and O–H groups in total. The Labute approximate surface area is 91.8 Å². The number of esters is 1. The van der Waals surface area contributed by atoms with Gasteiger partial charge in [0.05, 0.1) is 7.11 Å². The molecule has 0 unspecified atom stereocenters. The van der Waals surface area contributed by atoms with Crippen LogP contribution in [0.15, 0.2) is 12.1 Å². The normalized spacial score (nSPS) is 13.1. The van der Waals surface area contributed by atoms with Crippen molar-refractivity contribution in [3.8, 4) is 17.2 Å². The number of rotatable bonds is 2. The van der Waals surface area contributed by atoms with Gasteiger partial charge >= 0.3 is 5.97 Å². The van der Waals surface area contributed by atoms with Crippen molar-refractivity contribution in [1.82, 2.24) is 0 Å². The van der Waals surface area contributed by atoms with Crippen LogP contribution in [0, 0.1) is 0 Å². The molecule has 0 amide bonds. The molecule has 86 valence electrons. The van der Waals surface area contributed by atoms with Gasteiger partial charge in [0.25, 0.3) is 0 Å². The summed E-state index contributed by atoms with van der Waals surface area (Å²) in [4.78, 5) is 16.1. The highest BCUT2D eigenvalue weighted by Gasteiger charge is 2.25. The van der Waals surface area contributed by atoms with Crippen LogP contribution in [-0.4, -0.2) is 26.3 Å². The molecule has 2 rings (SSSR count). The minimum atomic E-state index is -0.495. The molecule has 0 bridgehead atoms. The molecule has 0 spiro atoms. The SMILES string of the molecule is COC(=O)c1ccc(ON)c2c1OCCO2. The average molecular weight is 225 g/mol. The van der Waals surface area contributed by atoms with Gasteiger partial charge in [-0.05, 0) is 12.1 Å². The second-order valence-corrected chi connectivity index (χ2v) is 3.08. The quantitative estimate of drug-likeness (QED) is 0.583. The Balaban J connectivity index is 2.52. The Morgan fingerprint density at radius 2 is 2.00 bits per heavy atom. The van der Waals surface area contributed by atoms with E-state index in [1.54, 1.807) is 0 Å². The summed E-state index contributed by atoms with van der Waals surface area (Å²) in [5, 5.41) is 0. The summed E-state index contributed by atoms with van der Waals surface area (Å²) < 4.78 is 15.3. The highest BCUT2D eigenvalue weighted by Crippen LogP contribution is 2.41. The lowest BCUT2D eigenvalue weighted by molar-refractivity contribution is 0.0590. The van der Waals surface area contributed by atoms with E-state index in [1.165, 1.54) is 19.2 Å². The number of hydrogen-bond donors (Lipinski definition) is 1. The molecular formula is C10H11NO5. The van der Waals surface area contributed by atoms with Crippen LogP contribution in [0.1, 0.15) is 10.4 Å². The van der Waals surface area contributed by atoms with Gasteiger partial charge in [-0.15, -0.1) is 0 Å². The summed E-state index contributed by atoms with van der Waals surface area (Å²) in [6.45, 7) is 0.749. The third-order valence-corrected chi connectivity index (χ3v) is 2.18. The van der Waals surface area contributed by atoms with Gasteiger partial charge in [0.2, 0.25) is 5.75 Å². The van der Waals surface area contributed by atoms with Crippen LogP contribution in [0.5, 0.6) is 17.2 Å². The van der Waals surface area contributed by atoms with Crippen molar-refractivity contribution in [3.05, 3.63) is 17.7 Å². The van der Waals surface area contributed by atoms with Gasteiger partial charge in [-0.25, -0.2) is 4.79 Å². The van der Waals surface area contributed by atoms with E-state index in [0.29, 0.717) is 30.5 Å². The van der Waals surface area contributed by atoms with Crippen LogP contribution in [0.2, 0.25) is 0 Å². The fourth-order valence-corrected chi connectivity index (χ4v) is 1.48. The maximum Gasteiger partial charge on any atom is 0.341 e. The second kappa shape index (κ2) is 4.28. The monoisotopic (exact) mass is 225 g/mol. The zero-order valence-electron chi connectivity index (χ0n) is 8.69. The summed E-state index contributed by atoms with van der Waals surface area (Å²) in [5.74, 6) is 5.54. The number of methoxy groups -OCH3 is 1. The zero-order chi connectivity index (χ0) is 11.5. The first-order valence-corrected chi connectivity index (χ1v) is 4.65. The average Bonchev–Trinajstić information content (AvgIpc) is 2.36. The molecule has 0 aliphatic carbocycles. The lowest BCUT2D eigenvalue weighted by Crippen LogP contribution is -2.19. The molecule has 6 heteroatoms. The van der Waals surface area contributed by atoms with Crippen LogP contribution < -0.4 is 20.2 Å². The van der Waals surface area contributed by atoms with E-state index in [-0.39, 0.29) is 5.56 Å². The van der Waals surface area contributed by atoms with Crippen LogP contribution >= 0.6 is 0 Å². The first-order valence-electron chi connectivity index (χ1n) is 4.65. The lowest BCUT2D eigenvalue weighted by atomic mass is 10.1. The highest BCUT2D eigenvalue weighted by atomic mass is 16.6. The molecule has 0 saturated carbocycles. The summed E-state index contributed by atoms with van der Waals surface area (Å²) in [6, 6.07) is 3.04. The first kappa shape index (κ1) is 10.6. The van der Waals surface area contributed by atoms with Gasteiger partial charge < -0.3 is 19.0 Å². The predicted molar refractivity (Wildman–Crippen MR) is 53.6 cm³/mol. The fourth-order valence-electron chi connectivity index (χ4n) is 1.48. The number of benzene rings is 1. The number of nitrogens with two attached hydrogens (primary N) is 1.